The highest BCUT2D eigenvalue weighted by molar-refractivity contribution is 5.95. The molecule has 1 atom stereocenters. The van der Waals surface area contributed by atoms with Crippen LogP contribution in [-0.4, -0.2) is 21.9 Å². The van der Waals surface area contributed by atoms with E-state index in [1.807, 2.05) is 30.3 Å². The van der Waals surface area contributed by atoms with Crippen molar-refractivity contribution >= 4 is 16.8 Å². The van der Waals surface area contributed by atoms with Crippen LogP contribution < -0.4 is 0 Å². The molecule has 3 nitrogen and oxygen atoms in total. The van der Waals surface area contributed by atoms with E-state index in [0.717, 1.165) is 37.9 Å². The summed E-state index contributed by atoms with van der Waals surface area (Å²) < 4.78 is 2.50. The van der Waals surface area contributed by atoms with Crippen LogP contribution in [0.2, 0.25) is 0 Å². The Morgan fingerprint density at radius 3 is 2.57 bits per heavy atom. The lowest BCUT2D eigenvalue weighted by Gasteiger charge is -2.40. The number of fused-ring (bicyclic) bond motifs is 3. The van der Waals surface area contributed by atoms with Gasteiger partial charge in [0.2, 0.25) is 0 Å². The van der Waals surface area contributed by atoms with Gasteiger partial charge in [0, 0.05) is 35.2 Å². The second-order valence-electron chi connectivity index (χ2n) is 9.27. The first-order valence-electron chi connectivity index (χ1n) is 10.5. The molecule has 1 amide bonds. The fourth-order valence-electron chi connectivity index (χ4n) is 5.06. The van der Waals surface area contributed by atoms with Crippen LogP contribution in [0.5, 0.6) is 0 Å². The third-order valence-corrected chi connectivity index (χ3v) is 6.52. The Bertz CT molecular complexity index is 1060. The van der Waals surface area contributed by atoms with Gasteiger partial charge in [0.05, 0.1) is 6.04 Å². The average molecular weight is 373 g/mol. The van der Waals surface area contributed by atoms with E-state index >= 15 is 0 Å². The van der Waals surface area contributed by atoms with Gasteiger partial charge in [0.15, 0.2) is 0 Å². The van der Waals surface area contributed by atoms with Gasteiger partial charge >= 0.3 is 0 Å². The van der Waals surface area contributed by atoms with E-state index in [1.165, 1.54) is 27.7 Å². The van der Waals surface area contributed by atoms with Gasteiger partial charge in [-0.3, -0.25) is 4.79 Å². The molecule has 3 aromatic rings. The first kappa shape index (κ1) is 17.5. The standard InChI is InChI=1S/C25H28N2O/c1-25(2,3)18-12-13-21-20(16-18)19-10-7-11-22-23(19)26(21)14-15-27(22)24(28)17-8-5-4-6-9-17/h4-6,8-9,12-13,16,22H,7,10-11,14-15H2,1-3H3. The number of carbonyl (C=O) groups excluding carboxylic acids is 1. The number of aryl methyl sites for hydroxylation is 1. The van der Waals surface area contributed by atoms with Crippen molar-refractivity contribution < 1.29 is 4.79 Å². The fraction of sp³-hybridized carbons (Fsp3) is 0.400. The lowest BCUT2D eigenvalue weighted by atomic mass is 9.85. The van der Waals surface area contributed by atoms with Crippen LogP contribution in [0.4, 0.5) is 0 Å². The first-order valence-corrected chi connectivity index (χ1v) is 10.5. The Morgan fingerprint density at radius 2 is 1.82 bits per heavy atom. The van der Waals surface area contributed by atoms with Gasteiger partial charge in [-0.25, -0.2) is 0 Å². The summed E-state index contributed by atoms with van der Waals surface area (Å²) in [5, 5.41) is 1.40. The monoisotopic (exact) mass is 372 g/mol. The van der Waals surface area contributed by atoms with Crippen molar-refractivity contribution in [2.45, 2.75) is 58.0 Å². The molecule has 0 spiro atoms. The molecule has 2 heterocycles. The zero-order valence-electron chi connectivity index (χ0n) is 17.0. The molecule has 0 radical (unpaired) electrons. The lowest BCUT2D eigenvalue weighted by Crippen LogP contribution is -2.43. The van der Waals surface area contributed by atoms with E-state index in [2.05, 4.69) is 48.4 Å². The van der Waals surface area contributed by atoms with Gasteiger partial charge in [-0.15, -0.1) is 0 Å². The minimum Gasteiger partial charge on any atom is -0.341 e. The van der Waals surface area contributed by atoms with Gasteiger partial charge in [0.1, 0.15) is 0 Å². The summed E-state index contributed by atoms with van der Waals surface area (Å²) in [5.41, 5.74) is 6.54. The van der Waals surface area contributed by atoms with Crippen LogP contribution in [0, 0.1) is 0 Å². The molecule has 0 fully saturated rings. The number of aromatic nitrogens is 1. The number of rotatable bonds is 1. The second kappa shape index (κ2) is 6.23. The Kier molecular flexibility index (Phi) is 3.90. The smallest absolute Gasteiger partial charge is 0.254 e. The maximum atomic E-state index is 13.2. The van der Waals surface area contributed by atoms with Gasteiger partial charge in [-0.05, 0) is 60.1 Å². The molecule has 1 aliphatic heterocycles. The van der Waals surface area contributed by atoms with Gasteiger partial charge in [-0.2, -0.15) is 0 Å². The topological polar surface area (TPSA) is 25.2 Å². The van der Waals surface area contributed by atoms with Gasteiger partial charge in [0.25, 0.3) is 5.91 Å². The normalized spacial score (nSPS) is 19.0. The van der Waals surface area contributed by atoms with Crippen molar-refractivity contribution in [2.75, 3.05) is 6.54 Å². The van der Waals surface area contributed by atoms with E-state index < -0.39 is 0 Å². The summed E-state index contributed by atoms with van der Waals surface area (Å²) in [6, 6.07) is 16.9. The molecule has 2 aliphatic rings. The Hall–Kier alpha value is -2.55. The van der Waals surface area contributed by atoms with Gasteiger partial charge < -0.3 is 9.47 Å². The van der Waals surface area contributed by atoms with Crippen molar-refractivity contribution in [3.63, 3.8) is 0 Å². The Morgan fingerprint density at radius 1 is 1.04 bits per heavy atom. The Balaban J connectivity index is 1.63. The number of benzene rings is 2. The largest absolute Gasteiger partial charge is 0.341 e. The van der Waals surface area contributed by atoms with Crippen molar-refractivity contribution in [1.82, 2.24) is 9.47 Å². The van der Waals surface area contributed by atoms with E-state index in [1.54, 1.807) is 0 Å². The van der Waals surface area contributed by atoms with Crippen LogP contribution in [0.15, 0.2) is 48.5 Å². The quantitative estimate of drug-likeness (QED) is 0.556. The molecule has 0 saturated heterocycles. The number of carbonyl (C=O) groups is 1. The summed E-state index contributed by atoms with van der Waals surface area (Å²) in [6.45, 7) is 8.50. The van der Waals surface area contributed by atoms with E-state index in [-0.39, 0.29) is 17.4 Å². The predicted molar refractivity (Wildman–Crippen MR) is 114 cm³/mol. The third kappa shape index (κ3) is 2.60. The minimum absolute atomic E-state index is 0.146. The third-order valence-electron chi connectivity index (χ3n) is 6.52. The van der Waals surface area contributed by atoms with Crippen molar-refractivity contribution in [3.8, 4) is 0 Å². The predicted octanol–water partition coefficient (Wildman–Crippen LogP) is 5.47. The highest BCUT2D eigenvalue weighted by Gasteiger charge is 2.37. The molecule has 5 rings (SSSR count). The van der Waals surface area contributed by atoms with Crippen LogP contribution in [0.1, 0.15) is 66.8 Å². The fourth-order valence-corrected chi connectivity index (χ4v) is 5.06. The molecular weight excluding hydrogens is 344 g/mol. The van der Waals surface area contributed by atoms with Crippen LogP contribution in [0.3, 0.4) is 0 Å². The molecule has 1 aliphatic carbocycles. The maximum Gasteiger partial charge on any atom is 0.254 e. The highest BCUT2D eigenvalue weighted by atomic mass is 16.2. The zero-order valence-corrected chi connectivity index (χ0v) is 17.0. The van der Waals surface area contributed by atoms with Crippen molar-refractivity contribution in [1.29, 1.82) is 0 Å². The SMILES string of the molecule is CC(C)(C)c1ccc2c(c1)c1c3n2CCN(C(=O)c2ccccc2)C3CCC1. The molecule has 0 saturated carbocycles. The molecule has 1 aromatic heterocycles. The van der Waals surface area contributed by atoms with Crippen LogP contribution >= 0.6 is 0 Å². The Labute approximate surface area is 167 Å². The molecule has 0 N–H and O–H groups in total. The summed E-state index contributed by atoms with van der Waals surface area (Å²) in [5.74, 6) is 0.172. The molecule has 2 aromatic carbocycles. The van der Waals surface area contributed by atoms with E-state index in [4.69, 9.17) is 0 Å². The molecule has 1 unspecified atom stereocenters. The van der Waals surface area contributed by atoms with Crippen molar-refractivity contribution in [3.05, 3.63) is 70.9 Å². The number of hydrogen-bond donors (Lipinski definition) is 0. The zero-order chi connectivity index (χ0) is 19.5. The van der Waals surface area contributed by atoms with E-state index in [0.29, 0.717) is 0 Å². The van der Waals surface area contributed by atoms with Crippen molar-refractivity contribution in [2.24, 2.45) is 0 Å². The van der Waals surface area contributed by atoms with Crippen LogP contribution in [-0.2, 0) is 18.4 Å². The molecule has 0 bridgehead atoms. The molecule has 28 heavy (non-hydrogen) atoms. The molecule has 3 heteroatoms. The number of nitrogens with zero attached hydrogens (tertiary/aromatic N) is 2. The maximum absolute atomic E-state index is 13.2. The number of amides is 1. The summed E-state index contributed by atoms with van der Waals surface area (Å²) in [4.78, 5) is 15.4. The minimum atomic E-state index is 0.146. The lowest BCUT2D eigenvalue weighted by molar-refractivity contribution is 0.0601. The second-order valence-corrected chi connectivity index (χ2v) is 9.27. The molecular formula is C25H28N2O. The van der Waals surface area contributed by atoms with Crippen LogP contribution in [0.25, 0.3) is 10.9 Å². The van der Waals surface area contributed by atoms with Gasteiger partial charge in [-0.1, -0.05) is 45.0 Å². The first-order chi connectivity index (χ1) is 13.4. The average Bonchev–Trinajstić information content (AvgIpc) is 3.03. The molecule has 144 valence electrons. The van der Waals surface area contributed by atoms with E-state index in [9.17, 15) is 4.79 Å². The summed E-state index contributed by atoms with van der Waals surface area (Å²) >= 11 is 0. The summed E-state index contributed by atoms with van der Waals surface area (Å²) in [7, 11) is 0. The summed E-state index contributed by atoms with van der Waals surface area (Å²) in [6.07, 6.45) is 3.33. The number of hydrogen-bond acceptors (Lipinski definition) is 1. The highest BCUT2D eigenvalue weighted by Crippen LogP contribution is 2.43.